The van der Waals surface area contributed by atoms with Crippen LogP contribution in [0.5, 0.6) is 0 Å². The molecule has 3 nitrogen and oxygen atoms in total. The molecular weight excluding hydrogens is 190 g/mol. The van der Waals surface area contributed by atoms with Crippen LogP contribution < -0.4 is 0 Å². The zero-order chi connectivity index (χ0) is 11.1. The Morgan fingerprint density at radius 3 is 2.27 bits per heavy atom. The standard InChI is InChI=1S/C12H21NO2/c1-11(2,3)13-6-4-12(5-7-13)8-10(14)15-9-12/h4-9H2,1-3H3. The summed E-state index contributed by atoms with van der Waals surface area (Å²) < 4.78 is 5.11. The number of hydrogen-bond acceptors (Lipinski definition) is 3. The third-order valence-electron chi connectivity index (χ3n) is 3.83. The van der Waals surface area contributed by atoms with Crippen molar-refractivity contribution in [2.24, 2.45) is 5.41 Å². The lowest BCUT2D eigenvalue weighted by atomic mass is 9.77. The van der Waals surface area contributed by atoms with Gasteiger partial charge in [-0.15, -0.1) is 0 Å². The van der Waals surface area contributed by atoms with Crippen LogP contribution in [0.3, 0.4) is 0 Å². The van der Waals surface area contributed by atoms with Gasteiger partial charge in [0.2, 0.25) is 0 Å². The van der Waals surface area contributed by atoms with Crippen molar-refractivity contribution in [3.8, 4) is 0 Å². The van der Waals surface area contributed by atoms with Crippen molar-refractivity contribution in [2.45, 2.75) is 45.6 Å². The van der Waals surface area contributed by atoms with Crippen molar-refractivity contribution in [3.63, 3.8) is 0 Å². The molecule has 86 valence electrons. The lowest BCUT2D eigenvalue weighted by Gasteiger charge is -2.44. The molecule has 2 heterocycles. The fourth-order valence-corrected chi connectivity index (χ4v) is 2.61. The molecule has 1 spiro atoms. The van der Waals surface area contributed by atoms with Crippen LogP contribution in [0.25, 0.3) is 0 Å². The Kier molecular flexibility index (Phi) is 2.53. The molecule has 0 aliphatic carbocycles. The van der Waals surface area contributed by atoms with Crippen molar-refractivity contribution in [1.82, 2.24) is 4.90 Å². The Labute approximate surface area is 91.8 Å². The predicted octanol–water partition coefficient (Wildman–Crippen LogP) is 1.81. The van der Waals surface area contributed by atoms with Gasteiger partial charge in [0, 0.05) is 11.0 Å². The van der Waals surface area contributed by atoms with Gasteiger partial charge in [-0.3, -0.25) is 9.69 Å². The fraction of sp³-hybridized carbons (Fsp3) is 0.917. The number of ether oxygens (including phenoxy) is 1. The first-order chi connectivity index (χ1) is 6.91. The Morgan fingerprint density at radius 1 is 1.27 bits per heavy atom. The summed E-state index contributed by atoms with van der Waals surface area (Å²) in [6, 6.07) is 0. The van der Waals surface area contributed by atoms with E-state index in [1.807, 2.05) is 0 Å². The second kappa shape index (κ2) is 3.48. The number of carbonyl (C=O) groups excluding carboxylic acids is 1. The van der Waals surface area contributed by atoms with Crippen LogP contribution in [0.4, 0.5) is 0 Å². The maximum absolute atomic E-state index is 11.2. The van der Waals surface area contributed by atoms with Gasteiger partial charge in [-0.25, -0.2) is 0 Å². The minimum atomic E-state index is -0.000733. The molecule has 0 radical (unpaired) electrons. The second-order valence-electron chi connectivity index (χ2n) is 6.00. The van der Waals surface area contributed by atoms with Crippen LogP contribution in [0.1, 0.15) is 40.0 Å². The highest BCUT2D eigenvalue weighted by Gasteiger charge is 2.43. The monoisotopic (exact) mass is 211 g/mol. The summed E-state index contributed by atoms with van der Waals surface area (Å²) in [6.07, 6.45) is 2.86. The first-order valence-electron chi connectivity index (χ1n) is 5.82. The molecule has 0 atom stereocenters. The molecule has 3 heteroatoms. The number of esters is 1. The van der Waals surface area contributed by atoms with Crippen molar-refractivity contribution < 1.29 is 9.53 Å². The molecule has 2 aliphatic rings. The van der Waals surface area contributed by atoms with Crippen LogP contribution in [-0.4, -0.2) is 36.1 Å². The van der Waals surface area contributed by atoms with Gasteiger partial charge >= 0.3 is 5.97 Å². The molecule has 0 N–H and O–H groups in total. The van der Waals surface area contributed by atoms with Gasteiger partial charge in [-0.2, -0.15) is 0 Å². The molecule has 0 aromatic carbocycles. The van der Waals surface area contributed by atoms with Crippen molar-refractivity contribution in [3.05, 3.63) is 0 Å². The van der Waals surface area contributed by atoms with E-state index in [0.717, 1.165) is 25.9 Å². The summed E-state index contributed by atoms with van der Waals surface area (Å²) in [4.78, 5) is 13.7. The minimum absolute atomic E-state index is 0.000733. The van der Waals surface area contributed by atoms with E-state index in [2.05, 4.69) is 25.7 Å². The smallest absolute Gasteiger partial charge is 0.306 e. The quantitative estimate of drug-likeness (QED) is 0.572. The molecule has 0 amide bonds. The van der Waals surface area contributed by atoms with Gasteiger partial charge in [0.05, 0.1) is 13.0 Å². The van der Waals surface area contributed by atoms with Gasteiger partial charge in [0.25, 0.3) is 0 Å². The van der Waals surface area contributed by atoms with Crippen molar-refractivity contribution in [1.29, 1.82) is 0 Å². The van der Waals surface area contributed by atoms with Crippen LogP contribution in [0.15, 0.2) is 0 Å². The SMILES string of the molecule is CC(C)(C)N1CCC2(CC1)COC(=O)C2. The van der Waals surface area contributed by atoms with Crippen molar-refractivity contribution >= 4 is 5.97 Å². The average molecular weight is 211 g/mol. The van der Waals surface area contributed by atoms with E-state index in [4.69, 9.17) is 4.74 Å². The van der Waals surface area contributed by atoms with Crippen LogP contribution in [0, 0.1) is 5.41 Å². The molecular formula is C12H21NO2. The van der Waals surface area contributed by atoms with Crippen LogP contribution in [0.2, 0.25) is 0 Å². The molecule has 2 saturated heterocycles. The number of cyclic esters (lactones) is 1. The van der Waals surface area contributed by atoms with Crippen LogP contribution >= 0.6 is 0 Å². The second-order valence-corrected chi connectivity index (χ2v) is 6.00. The molecule has 2 fully saturated rings. The lowest BCUT2D eigenvalue weighted by molar-refractivity contribution is -0.137. The van der Waals surface area contributed by atoms with E-state index in [1.165, 1.54) is 0 Å². The number of nitrogens with zero attached hydrogens (tertiary/aromatic N) is 1. The number of piperidine rings is 1. The summed E-state index contributed by atoms with van der Waals surface area (Å²) >= 11 is 0. The Bertz CT molecular complexity index is 259. The largest absolute Gasteiger partial charge is 0.465 e. The maximum Gasteiger partial charge on any atom is 0.306 e. The highest BCUT2D eigenvalue weighted by atomic mass is 16.5. The number of carbonyl (C=O) groups is 1. The molecule has 0 unspecified atom stereocenters. The number of likely N-dealkylation sites (tertiary alicyclic amines) is 1. The highest BCUT2D eigenvalue weighted by Crippen LogP contribution is 2.40. The lowest BCUT2D eigenvalue weighted by Crippen LogP contribution is -2.49. The zero-order valence-corrected chi connectivity index (χ0v) is 10.0. The summed E-state index contributed by atoms with van der Waals surface area (Å²) in [5, 5.41) is 0. The van der Waals surface area contributed by atoms with E-state index < -0.39 is 0 Å². The van der Waals surface area contributed by atoms with Gasteiger partial charge in [0.15, 0.2) is 0 Å². The number of hydrogen-bond donors (Lipinski definition) is 0. The number of rotatable bonds is 0. The average Bonchev–Trinajstić information content (AvgIpc) is 2.47. The summed E-state index contributed by atoms with van der Waals surface area (Å²) in [6.45, 7) is 9.61. The molecule has 0 saturated carbocycles. The molecule has 0 aromatic rings. The van der Waals surface area contributed by atoms with Gasteiger partial charge in [-0.1, -0.05) is 0 Å². The molecule has 15 heavy (non-hydrogen) atoms. The Balaban J connectivity index is 1.95. The van der Waals surface area contributed by atoms with Crippen molar-refractivity contribution in [2.75, 3.05) is 19.7 Å². The molecule has 0 aromatic heterocycles. The van der Waals surface area contributed by atoms with Gasteiger partial charge < -0.3 is 4.74 Å². The first kappa shape index (κ1) is 10.9. The Morgan fingerprint density at radius 2 is 1.87 bits per heavy atom. The summed E-state index contributed by atoms with van der Waals surface area (Å²) in [5.41, 5.74) is 0.434. The topological polar surface area (TPSA) is 29.5 Å². The third-order valence-corrected chi connectivity index (χ3v) is 3.83. The predicted molar refractivity (Wildman–Crippen MR) is 58.6 cm³/mol. The summed E-state index contributed by atoms with van der Waals surface area (Å²) in [5.74, 6) is -0.000733. The molecule has 2 rings (SSSR count). The van der Waals surface area contributed by atoms with Crippen LogP contribution in [-0.2, 0) is 9.53 Å². The maximum atomic E-state index is 11.2. The third kappa shape index (κ3) is 2.17. The van der Waals surface area contributed by atoms with E-state index in [1.54, 1.807) is 0 Å². The fourth-order valence-electron chi connectivity index (χ4n) is 2.61. The zero-order valence-electron chi connectivity index (χ0n) is 10.0. The van der Waals surface area contributed by atoms with E-state index in [9.17, 15) is 4.79 Å². The van der Waals surface area contributed by atoms with Gasteiger partial charge in [-0.05, 0) is 46.7 Å². The van der Waals surface area contributed by atoms with E-state index in [0.29, 0.717) is 13.0 Å². The first-order valence-corrected chi connectivity index (χ1v) is 5.82. The molecule has 0 bridgehead atoms. The van der Waals surface area contributed by atoms with E-state index in [-0.39, 0.29) is 16.9 Å². The Hall–Kier alpha value is -0.570. The van der Waals surface area contributed by atoms with Gasteiger partial charge in [0.1, 0.15) is 0 Å². The van der Waals surface area contributed by atoms with E-state index >= 15 is 0 Å². The minimum Gasteiger partial charge on any atom is -0.465 e. The summed E-state index contributed by atoms with van der Waals surface area (Å²) in [7, 11) is 0. The highest BCUT2D eigenvalue weighted by molar-refractivity contribution is 5.72. The normalized spacial score (nSPS) is 27.0. The molecule has 2 aliphatic heterocycles.